The van der Waals surface area contributed by atoms with E-state index in [1.807, 2.05) is 0 Å². The third-order valence-electron chi connectivity index (χ3n) is 13.9. The van der Waals surface area contributed by atoms with Crippen LogP contribution in [0.25, 0.3) is 0 Å². The van der Waals surface area contributed by atoms with Crippen molar-refractivity contribution in [1.82, 2.24) is 0 Å². The molecule has 0 heterocycles. The zero-order chi connectivity index (χ0) is 28.6. The average molecular weight is 540 g/mol. The molecule has 0 aromatic carbocycles. The third kappa shape index (κ3) is 4.02. The Bertz CT molecular complexity index is 1050. The predicted octanol–water partition coefficient (Wildman–Crippen LogP) is 7.23. The molecule has 0 N–H and O–H groups in total. The summed E-state index contributed by atoms with van der Waals surface area (Å²) in [7, 11) is 0. The summed E-state index contributed by atoms with van der Waals surface area (Å²) in [6.07, 6.45) is 13.1. The zero-order valence-corrected chi connectivity index (χ0v) is 25.5. The Morgan fingerprint density at radius 1 is 0.821 bits per heavy atom. The highest BCUT2D eigenvalue weighted by atomic mass is 16.5. The Balaban J connectivity index is 1.48. The van der Waals surface area contributed by atoms with Gasteiger partial charge in [-0.05, 0) is 116 Å². The number of hydrogen-bond donors (Lipinski definition) is 0. The quantitative estimate of drug-likeness (QED) is 0.272. The van der Waals surface area contributed by atoms with E-state index in [-0.39, 0.29) is 63.6 Å². The number of hydrogen-bond acceptors (Lipinski definition) is 5. The van der Waals surface area contributed by atoms with Crippen LogP contribution in [0.5, 0.6) is 0 Å². The minimum absolute atomic E-state index is 0.00902. The molecule has 0 aliphatic heterocycles. The summed E-state index contributed by atoms with van der Waals surface area (Å²) in [5.41, 5.74) is 1.07. The molecule has 0 amide bonds. The smallest absolute Gasteiger partial charge is 0.302 e. The second-order valence-electron chi connectivity index (χ2n) is 15.5. The van der Waals surface area contributed by atoms with E-state index in [2.05, 4.69) is 47.5 Å². The van der Waals surface area contributed by atoms with Gasteiger partial charge in [-0.2, -0.15) is 0 Å². The molecular weight excluding hydrogens is 488 g/mol. The minimum Gasteiger partial charge on any atom is -0.462 e. The molecule has 0 unspecified atom stereocenters. The topological polar surface area (TPSA) is 69.7 Å². The van der Waals surface area contributed by atoms with Crippen LogP contribution in [-0.4, -0.2) is 30.9 Å². The Labute approximate surface area is 236 Å². The zero-order valence-electron chi connectivity index (χ0n) is 25.5. The fourth-order valence-corrected chi connectivity index (χ4v) is 11.9. The van der Waals surface area contributed by atoms with E-state index in [0.717, 1.165) is 56.9 Å². The molecule has 5 fully saturated rings. The normalized spacial score (nSPS) is 48.0. The number of ether oxygens (including phenoxy) is 2. The summed E-state index contributed by atoms with van der Waals surface area (Å²) in [5.74, 6) is 1.58. The number of rotatable bonds is 5. The molecule has 5 aliphatic rings. The van der Waals surface area contributed by atoms with Crippen LogP contribution in [-0.2, 0) is 23.9 Å². The van der Waals surface area contributed by atoms with Crippen LogP contribution in [0.2, 0.25) is 0 Å². The summed E-state index contributed by atoms with van der Waals surface area (Å²) in [6, 6.07) is 0. The fourth-order valence-electron chi connectivity index (χ4n) is 11.9. The second-order valence-corrected chi connectivity index (χ2v) is 15.5. The molecule has 10 atom stereocenters. The minimum atomic E-state index is -0.387. The van der Waals surface area contributed by atoms with Crippen LogP contribution in [0.3, 0.4) is 0 Å². The van der Waals surface area contributed by atoms with Crippen molar-refractivity contribution in [1.29, 1.82) is 0 Å². The van der Waals surface area contributed by atoms with Crippen molar-refractivity contribution in [3.63, 3.8) is 0 Å². The molecule has 5 saturated carbocycles. The van der Waals surface area contributed by atoms with Gasteiger partial charge < -0.3 is 9.47 Å². The lowest BCUT2D eigenvalue weighted by Gasteiger charge is -2.72. The highest BCUT2D eigenvalue weighted by Gasteiger charge is 2.71. The van der Waals surface area contributed by atoms with E-state index >= 15 is 0 Å². The lowest BCUT2D eigenvalue weighted by molar-refractivity contribution is -0.246. The number of fused-ring (bicyclic) bond motifs is 7. The standard InChI is InChI=1S/C34H51O5/c1-21(19-38-22(2)36)24-11-16-34(20-35)18-17-32(7)25(29(24)34)9-10-27-31(6)14-13-28(39-23(3)37)30(4,5)26(31)12-15-33(27,32)8/h24-29H,1,9-19H2,2-8H3/t24-,25+,26-,27+,28-,29+,31-,32+,33+,34+/m0/s1. The predicted molar refractivity (Wildman–Crippen MR) is 151 cm³/mol. The molecule has 0 aromatic heterocycles. The van der Waals surface area contributed by atoms with E-state index in [0.29, 0.717) is 17.8 Å². The fraction of sp³-hybridized carbons (Fsp3) is 0.853. The molecule has 0 bridgehead atoms. The lowest BCUT2D eigenvalue weighted by atomic mass is 9.32. The first kappa shape index (κ1) is 28.9. The van der Waals surface area contributed by atoms with Crippen molar-refractivity contribution >= 4 is 18.2 Å². The number of carbonyl (C=O) groups excluding carboxylic acids is 3. The summed E-state index contributed by atoms with van der Waals surface area (Å²) >= 11 is 0. The van der Waals surface area contributed by atoms with Gasteiger partial charge in [-0.1, -0.05) is 41.2 Å². The van der Waals surface area contributed by atoms with Gasteiger partial charge in [0.1, 0.15) is 12.7 Å². The first-order valence-corrected chi connectivity index (χ1v) is 15.5. The maximum absolute atomic E-state index is 12.7. The van der Waals surface area contributed by atoms with Gasteiger partial charge in [0.15, 0.2) is 0 Å². The molecule has 5 nitrogen and oxygen atoms in total. The molecule has 217 valence electrons. The van der Waals surface area contributed by atoms with E-state index in [1.165, 1.54) is 19.8 Å². The average Bonchev–Trinajstić information content (AvgIpc) is 3.25. The highest BCUT2D eigenvalue weighted by Crippen LogP contribution is 2.77. The largest absolute Gasteiger partial charge is 0.462 e. The molecule has 0 aromatic rings. The third-order valence-corrected chi connectivity index (χ3v) is 13.9. The Morgan fingerprint density at radius 3 is 2.18 bits per heavy atom. The van der Waals surface area contributed by atoms with Crippen molar-refractivity contribution in [3.05, 3.63) is 12.2 Å². The van der Waals surface area contributed by atoms with Crippen LogP contribution >= 0.6 is 0 Å². The van der Waals surface area contributed by atoms with Crippen molar-refractivity contribution in [2.24, 2.45) is 56.7 Å². The Hall–Kier alpha value is -1.65. The molecule has 5 rings (SSSR count). The summed E-state index contributed by atoms with van der Waals surface area (Å²) in [5, 5.41) is 0. The molecule has 0 spiro atoms. The van der Waals surface area contributed by atoms with Gasteiger partial charge >= 0.3 is 11.9 Å². The van der Waals surface area contributed by atoms with E-state index in [9.17, 15) is 14.4 Å². The molecule has 0 saturated heterocycles. The van der Waals surface area contributed by atoms with Crippen LogP contribution in [0.4, 0.5) is 0 Å². The van der Waals surface area contributed by atoms with E-state index in [1.54, 1.807) is 6.92 Å². The molecule has 5 heteroatoms. The van der Waals surface area contributed by atoms with E-state index < -0.39 is 0 Å². The number of esters is 2. The maximum atomic E-state index is 12.7. The molecular formula is C34H51O5. The van der Waals surface area contributed by atoms with Gasteiger partial charge in [0, 0.05) is 24.7 Å². The van der Waals surface area contributed by atoms with Crippen LogP contribution in [0.1, 0.15) is 113 Å². The van der Waals surface area contributed by atoms with Crippen LogP contribution in [0, 0.1) is 56.7 Å². The van der Waals surface area contributed by atoms with Crippen molar-refractivity contribution < 1.29 is 23.9 Å². The Morgan fingerprint density at radius 2 is 1.54 bits per heavy atom. The lowest BCUT2D eigenvalue weighted by Crippen LogP contribution is -2.66. The van der Waals surface area contributed by atoms with Gasteiger partial charge in [-0.3, -0.25) is 14.4 Å². The van der Waals surface area contributed by atoms with Gasteiger partial charge in [0.05, 0.1) is 0 Å². The molecule has 39 heavy (non-hydrogen) atoms. The SMILES string of the molecule is C=C(COC(C)=O)[C@@H]1CC[C@]2([C]=O)CC[C@]3(C)[C@H](CC[C@@H]4[C@@]5(C)CC[C@H](OC(C)=O)C(C)(C)[C@@H]5CC[C@]43C)[C@@H]12. The summed E-state index contributed by atoms with van der Waals surface area (Å²) in [4.78, 5) is 36.2. The first-order valence-electron chi connectivity index (χ1n) is 15.5. The highest BCUT2D eigenvalue weighted by molar-refractivity contribution is 5.66. The summed E-state index contributed by atoms with van der Waals surface area (Å²) < 4.78 is 11.3. The van der Waals surface area contributed by atoms with Gasteiger partial charge in [-0.15, -0.1) is 0 Å². The maximum Gasteiger partial charge on any atom is 0.302 e. The van der Waals surface area contributed by atoms with Crippen LogP contribution < -0.4 is 0 Å². The Kier molecular flexibility index (Phi) is 6.99. The molecule has 5 aliphatic carbocycles. The molecule has 1 radical (unpaired) electrons. The van der Waals surface area contributed by atoms with Gasteiger partial charge in [0.2, 0.25) is 6.29 Å². The van der Waals surface area contributed by atoms with E-state index in [4.69, 9.17) is 9.47 Å². The van der Waals surface area contributed by atoms with Crippen LogP contribution in [0.15, 0.2) is 12.2 Å². The monoisotopic (exact) mass is 539 g/mol. The van der Waals surface area contributed by atoms with Gasteiger partial charge in [0.25, 0.3) is 0 Å². The van der Waals surface area contributed by atoms with Crippen molar-refractivity contribution in [2.75, 3.05) is 6.61 Å². The van der Waals surface area contributed by atoms with Crippen molar-refractivity contribution in [2.45, 2.75) is 119 Å². The van der Waals surface area contributed by atoms with Gasteiger partial charge in [-0.25, -0.2) is 0 Å². The van der Waals surface area contributed by atoms with Crippen molar-refractivity contribution in [3.8, 4) is 0 Å². The first-order chi connectivity index (χ1) is 18.2. The second kappa shape index (κ2) is 9.44. The summed E-state index contributed by atoms with van der Waals surface area (Å²) in [6.45, 7) is 20.0. The number of carbonyl (C=O) groups is 2.